The maximum absolute atomic E-state index is 6.10. The average Bonchev–Trinajstić information content (AvgIpc) is 3.59. The average molecular weight is 524 g/mol. The monoisotopic (exact) mass is 523 g/mol. The molecule has 206 valence electrons. The highest BCUT2D eigenvalue weighted by molar-refractivity contribution is 4.97. The van der Waals surface area contributed by atoms with Crippen LogP contribution >= 0.6 is 0 Å². The van der Waals surface area contributed by atoms with Crippen molar-refractivity contribution in [3.05, 3.63) is 37.2 Å². The third-order valence-corrected chi connectivity index (χ3v) is 6.47. The summed E-state index contributed by atoms with van der Waals surface area (Å²) in [6, 6.07) is 0. The Kier molecular flexibility index (Phi) is 7.83. The van der Waals surface area contributed by atoms with Crippen LogP contribution in [0, 0.1) is 0 Å². The molecule has 0 aliphatic carbocycles. The first-order valence-corrected chi connectivity index (χ1v) is 12.6. The summed E-state index contributed by atoms with van der Waals surface area (Å²) in [7, 11) is 0. The topological polar surface area (TPSA) is 114 Å². The first-order chi connectivity index (χ1) is 17.7. The molecule has 4 aliphatic heterocycles. The molecule has 0 spiro atoms. The van der Waals surface area contributed by atoms with Crippen LogP contribution in [0.2, 0.25) is 0 Å². The summed E-state index contributed by atoms with van der Waals surface area (Å²) in [5, 5.41) is 8.46. The molecule has 0 unspecified atom stereocenters. The van der Waals surface area contributed by atoms with Gasteiger partial charge in [-0.25, -0.2) is 4.68 Å². The Morgan fingerprint density at radius 3 is 2.05 bits per heavy atom. The standard InChI is InChI=1S/C25H37N3O9/c1-7-9-30-18-16(32-22-20(18)34-24(3,4)36-22)12-28-11-15(26-27-28)13-29-14-17-19(31-10-8-2)21-23(33-17)37-25(5,6)35-21/h7-8,11,16-23H,1-2,9-10,12-14H2,3-6H3/t16-,17-,18+,19+,20-,21-,22-,23-/m1/s1. The molecule has 8 atom stereocenters. The SMILES string of the molecule is C=CCO[C@@H]1[C@H]2OC(C)(C)O[C@H]2O[C@@H]1COCc1cn(C[C@H]2O[C@@H]3OC(C)(C)O[C@@H]3[C@H]2OCC=C)nn1. The minimum absolute atomic E-state index is 0.254. The van der Waals surface area contributed by atoms with Gasteiger partial charge in [0.1, 0.15) is 42.3 Å². The third-order valence-electron chi connectivity index (χ3n) is 6.47. The Labute approximate surface area is 216 Å². The number of nitrogens with zero attached hydrogens (tertiary/aromatic N) is 3. The zero-order chi connectivity index (χ0) is 26.2. The molecule has 0 aromatic carbocycles. The first-order valence-electron chi connectivity index (χ1n) is 12.6. The predicted molar refractivity (Wildman–Crippen MR) is 127 cm³/mol. The van der Waals surface area contributed by atoms with Crippen LogP contribution in [0.3, 0.4) is 0 Å². The fraction of sp³-hybridized carbons (Fsp3) is 0.760. The van der Waals surface area contributed by atoms with E-state index in [1.54, 1.807) is 16.8 Å². The molecule has 1 aromatic rings. The number of hydrogen-bond donors (Lipinski definition) is 0. The van der Waals surface area contributed by atoms with Crippen molar-refractivity contribution in [1.29, 1.82) is 0 Å². The second kappa shape index (κ2) is 10.8. The number of ether oxygens (including phenoxy) is 9. The van der Waals surface area contributed by atoms with Crippen LogP contribution in [0.1, 0.15) is 33.4 Å². The lowest BCUT2D eigenvalue weighted by Crippen LogP contribution is -2.39. The van der Waals surface area contributed by atoms with E-state index in [0.29, 0.717) is 25.5 Å². The van der Waals surface area contributed by atoms with Gasteiger partial charge in [0, 0.05) is 0 Å². The van der Waals surface area contributed by atoms with Crippen LogP contribution in [0.25, 0.3) is 0 Å². The zero-order valence-corrected chi connectivity index (χ0v) is 21.8. The fourth-order valence-electron chi connectivity index (χ4n) is 5.09. The second-order valence-corrected chi connectivity index (χ2v) is 10.4. The van der Waals surface area contributed by atoms with Gasteiger partial charge in [-0.05, 0) is 27.7 Å². The third kappa shape index (κ3) is 5.97. The Morgan fingerprint density at radius 2 is 1.46 bits per heavy atom. The van der Waals surface area contributed by atoms with Gasteiger partial charge in [0.25, 0.3) is 0 Å². The second-order valence-electron chi connectivity index (χ2n) is 10.4. The Balaban J connectivity index is 1.13. The summed E-state index contributed by atoms with van der Waals surface area (Å²) in [4.78, 5) is 0. The minimum atomic E-state index is -0.722. The Hall–Kier alpha value is -1.74. The van der Waals surface area contributed by atoms with E-state index in [1.165, 1.54) is 0 Å². The molecular weight excluding hydrogens is 486 g/mol. The van der Waals surface area contributed by atoms with E-state index in [0.717, 1.165) is 0 Å². The molecule has 4 aliphatic rings. The summed E-state index contributed by atoms with van der Waals surface area (Å²) >= 11 is 0. The van der Waals surface area contributed by atoms with Crippen molar-refractivity contribution in [2.45, 2.75) is 102 Å². The van der Waals surface area contributed by atoms with Crippen LogP contribution in [-0.2, 0) is 55.8 Å². The van der Waals surface area contributed by atoms with Gasteiger partial charge < -0.3 is 42.6 Å². The van der Waals surface area contributed by atoms with Crippen LogP contribution < -0.4 is 0 Å². The van der Waals surface area contributed by atoms with Crippen LogP contribution in [0.5, 0.6) is 0 Å². The summed E-state index contributed by atoms with van der Waals surface area (Å²) in [5.41, 5.74) is 0.672. The Bertz CT molecular complexity index is 954. The van der Waals surface area contributed by atoms with Crippen molar-refractivity contribution >= 4 is 0 Å². The molecule has 12 heteroatoms. The molecule has 5 heterocycles. The number of aromatic nitrogens is 3. The number of fused-ring (bicyclic) bond motifs is 2. The van der Waals surface area contributed by atoms with Gasteiger partial charge in [0.15, 0.2) is 24.2 Å². The molecule has 4 saturated heterocycles. The highest BCUT2D eigenvalue weighted by Crippen LogP contribution is 2.40. The fourth-order valence-corrected chi connectivity index (χ4v) is 5.09. The molecule has 37 heavy (non-hydrogen) atoms. The van der Waals surface area contributed by atoms with Gasteiger partial charge in [-0.2, -0.15) is 0 Å². The smallest absolute Gasteiger partial charge is 0.190 e. The van der Waals surface area contributed by atoms with Gasteiger partial charge in [-0.15, -0.1) is 18.3 Å². The molecule has 5 rings (SSSR count). The van der Waals surface area contributed by atoms with Crippen molar-refractivity contribution in [3.63, 3.8) is 0 Å². The van der Waals surface area contributed by atoms with Gasteiger partial charge in [0.05, 0.1) is 39.2 Å². The lowest BCUT2D eigenvalue weighted by atomic mass is 10.1. The number of hydrogen-bond acceptors (Lipinski definition) is 11. The first kappa shape index (κ1) is 26.9. The van der Waals surface area contributed by atoms with Crippen molar-refractivity contribution < 1.29 is 42.6 Å². The summed E-state index contributed by atoms with van der Waals surface area (Å²) in [6.07, 6.45) is 2.23. The lowest BCUT2D eigenvalue weighted by Gasteiger charge is -2.25. The van der Waals surface area contributed by atoms with Crippen molar-refractivity contribution in [2.24, 2.45) is 0 Å². The van der Waals surface area contributed by atoms with Crippen molar-refractivity contribution in [2.75, 3.05) is 19.8 Å². The van der Waals surface area contributed by atoms with Crippen molar-refractivity contribution in [3.8, 4) is 0 Å². The molecular formula is C25H37N3O9. The van der Waals surface area contributed by atoms with Crippen LogP contribution in [-0.4, -0.2) is 95.6 Å². The zero-order valence-electron chi connectivity index (χ0n) is 21.8. The maximum Gasteiger partial charge on any atom is 0.190 e. The summed E-state index contributed by atoms with van der Waals surface area (Å²) in [5.74, 6) is -1.44. The Morgan fingerprint density at radius 1 is 0.892 bits per heavy atom. The molecule has 4 fully saturated rings. The summed E-state index contributed by atoms with van der Waals surface area (Å²) in [6.45, 7) is 16.6. The van der Waals surface area contributed by atoms with Gasteiger partial charge in [-0.1, -0.05) is 17.4 Å². The van der Waals surface area contributed by atoms with Gasteiger partial charge in [-0.3, -0.25) is 0 Å². The van der Waals surface area contributed by atoms with Gasteiger partial charge in [0.2, 0.25) is 0 Å². The van der Waals surface area contributed by atoms with Gasteiger partial charge >= 0.3 is 0 Å². The molecule has 1 aromatic heterocycles. The highest BCUT2D eigenvalue weighted by atomic mass is 16.9. The molecule has 12 nitrogen and oxygen atoms in total. The van der Waals surface area contributed by atoms with Crippen LogP contribution in [0.15, 0.2) is 31.5 Å². The molecule has 0 radical (unpaired) electrons. The molecule has 0 saturated carbocycles. The van der Waals surface area contributed by atoms with E-state index in [-0.39, 0.29) is 49.8 Å². The minimum Gasteiger partial charge on any atom is -0.372 e. The largest absolute Gasteiger partial charge is 0.372 e. The quantitative estimate of drug-likeness (QED) is 0.373. The van der Waals surface area contributed by atoms with Crippen LogP contribution in [0.4, 0.5) is 0 Å². The maximum atomic E-state index is 6.10. The van der Waals surface area contributed by atoms with E-state index >= 15 is 0 Å². The van der Waals surface area contributed by atoms with E-state index in [4.69, 9.17) is 42.6 Å². The predicted octanol–water partition coefficient (Wildman–Crippen LogP) is 1.69. The number of rotatable bonds is 12. The highest BCUT2D eigenvalue weighted by Gasteiger charge is 2.56. The van der Waals surface area contributed by atoms with Crippen molar-refractivity contribution in [1.82, 2.24) is 15.0 Å². The van der Waals surface area contributed by atoms with E-state index in [9.17, 15) is 0 Å². The lowest BCUT2D eigenvalue weighted by molar-refractivity contribution is -0.223. The van der Waals surface area contributed by atoms with E-state index in [1.807, 2.05) is 33.9 Å². The van der Waals surface area contributed by atoms with E-state index in [2.05, 4.69) is 23.5 Å². The normalized spacial score (nSPS) is 37.5. The van der Waals surface area contributed by atoms with E-state index < -0.39 is 24.2 Å². The summed E-state index contributed by atoms with van der Waals surface area (Å²) < 4.78 is 55.3. The molecule has 0 bridgehead atoms. The molecule has 0 N–H and O–H groups in total. The molecule has 0 amide bonds.